The maximum absolute atomic E-state index is 10.2. The van der Waals surface area contributed by atoms with E-state index in [9.17, 15) is 5.26 Å². The first kappa shape index (κ1) is 36.5. The van der Waals surface area contributed by atoms with Gasteiger partial charge in [0.1, 0.15) is 24.1 Å². The summed E-state index contributed by atoms with van der Waals surface area (Å²) in [6.07, 6.45) is 8.14. The van der Waals surface area contributed by atoms with Crippen LogP contribution in [0.3, 0.4) is 0 Å². The van der Waals surface area contributed by atoms with E-state index in [0.29, 0.717) is 47.0 Å². The fourth-order valence-electron chi connectivity index (χ4n) is 7.59. The van der Waals surface area contributed by atoms with Crippen LogP contribution in [0.4, 0.5) is 5.69 Å². The van der Waals surface area contributed by atoms with Gasteiger partial charge < -0.3 is 19.5 Å². The topological polar surface area (TPSA) is 110 Å². The van der Waals surface area contributed by atoms with Crippen LogP contribution in [0.2, 0.25) is 0 Å². The Morgan fingerprint density at radius 2 is 1.83 bits per heavy atom. The number of hydrogen-bond donors (Lipinski definition) is 1. The summed E-state index contributed by atoms with van der Waals surface area (Å²) in [6, 6.07) is 21.1. The highest BCUT2D eigenvalue weighted by atomic mass is 16.5. The molecule has 52 heavy (non-hydrogen) atoms. The maximum atomic E-state index is 10.2. The predicted octanol–water partition coefficient (Wildman–Crippen LogP) is 8.32. The molecule has 1 N–H and O–H groups in total. The van der Waals surface area contributed by atoms with E-state index in [0.717, 1.165) is 56.7 Å². The number of benzene rings is 3. The van der Waals surface area contributed by atoms with Crippen LogP contribution in [0, 0.1) is 24.2 Å². The summed E-state index contributed by atoms with van der Waals surface area (Å²) in [7, 11) is 7.30. The van der Waals surface area contributed by atoms with Crippen molar-refractivity contribution in [3.8, 4) is 40.4 Å². The van der Waals surface area contributed by atoms with E-state index in [1.807, 2.05) is 49.6 Å². The number of nitrogens with one attached hydrogen (secondary N) is 1. The quantitative estimate of drug-likeness (QED) is 0.115. The summed E-state index contributed by atoms with van der Waals surface area (Å²) in [4.78, 5) is 11.5. The van der Waals surface area contributed by atoms with Crippen molar-refractivity contribution in [2.75, 3.05) is 28.3 Å². The standard InChI is InChI=1S/C42H49N7O3/c1-8-28-15-17-32(18-16-28)48(5)25-29-19-31(22-43)41(37(20-29)45-4)52-26-30-11-9-12-33(27(30)2)34-13-10-14-38-35(34)24-46-49(38)40-21-39(50-6)36(23-44-3)42(47-40)51-7/h9-14,19-21,24,28,32,44H,4,8,15-18,23,25-26H2,1-3,5-7H3. The van der Waals surface area contributed by atoms with E-state index in [1.54, 1.807) is 18.9 Å². The Hall–Kier alpha value is -5.24. The van der Waals surface area contributed by atoms with Gasteiger partial charge in [-0.05, 0) is 105 Å². The molecule has 0 unspecified atom stereocenters. The van der Waals surface area contributed by atoms with Gasteiger partial charge in [-0.1, -0.05) is 43.7 Å². The molecule has 10 heteroatoms. The Kier molecular flexibility index (Phi) is 11.5. The molecule has 1 aliphatic rings. The van der Waals surface area contributed by atoms with E-state index in [2.05, 4.69) is 67.1 Å². The molecular formula is C42H49N7O3. The summed E-state index contributed by atoms with van der Waals surface area (Å²) in [6.45, 7) is 9.79. The molecule has 0 radical (unpaired) electrons. The lowest BCUT2D eigenvalue weighted by Gasteiger charge is -2.34. The number of pyridine rings is 1. The first-order valence-corrected chi connectivity index (χ1v) is 18.0. The van der Waals surface area contributed by atoms with Gasteiger partial charge in [0, 0.05) is 30.6 Å². The maximum Gasteiger partial charge on any atom is 0.223 e. The van der Waals surface area contributed by atoms with Gasteiger partial charge in [-0.2, -0.15) is 15.3 Å². The zero-order valence-electron chi connectivity index (χ0n) is 31.2. The van der Waals surface area contributed by atoms with Crippen molar-refractivity contribution >= 4 is 23.3 Å². The molecule has 3 aromatic carbocycles. The number of aliphatic imine (C=N–C) groups is 1. The SMILES string of the molecule is C=Nc1cc(CN(C)C2CCC(CC)CC2)cc(C#N)c1OCc1cccc(-c2cccc3c2cnn3-c2cc(OC)c(CNC)c(OC)n2)c1C. The zero-order chi connectivity index (χ0) is 36.8. The number of hydrogen-bond acceptors (Lipinski definition) is 9. The average molecular weight is 700 g/mol. The van der Waals surface area contributed by atoms with Crippen LogP contribution < -0.4 is 19.5 Å². The number of fused-ring (bicyclic) bond motifs is 1. The molecule has 0 spiro atoms. The summed E-state index contributed by atoms with van der Waals surface area (Å²) in [5, 5.41) is 19.1. The Balaban J connectivity index is 1.25. The second-order valence-electron chi connectivity index (χ2n) is 13.6. The molecule has 270 valence electrons. The second kappa shape index (κ2) is 16.4. The Morgan fingerprint density at radius 1 is 1.06 bits per heavy atom. The number of aromatic nitrogens is 3. The van der Waals surface area contributed by atoms with E-state index >= 15 is 0 Å². The molecule has 1 saturated carbocycles. The highest BCUT2D eigenvalue weighted by Crippen LogP contribution is 2.38. The van der Waals surface area contributed by atoms with Crippen molar-refractivity contribution < 1.29 is 14.2 Å². The van der Waals surface area contributed by atoms with Gasteiger partial charge in [-0.3, -0.25) is 9.89 Å². The monoisotopic (exact) mass is 699 g/mol. The van der Waals surface area contributed by atoms with Crippen molar-refractivity contribution in [3.63, 3.8) is 0 Å². The molecule has 1 aliphatic carbocycles. The molecule has 6 rings (SSSR count). The van der Waals surface area contributed by atoms with E-state index in [4.69, 9.17) is 24.3 Å². The molecular weight excluding hydrogens is 651 g/mol. The van der Waals surface area contributed by atoms with Crippen LogP contribution >= 0.6 is 0 Å². The Bertz CT molecular complexity index is 2070. The normalized spacial score (nSPS) is 15.8. The number of nitrogens with zero attached hydrogens (tertiary/aromatic N) is 6. The number of methoxy groups -OCH3 is 2. The minimum absolute atomic E-state index is 0.272. The summed E-state index contributed by atoms with van der Waals surface area (Å²) in [5.74, 6) is 3.05. The summed E-state index contributed by atoms with van der Waals surface area (Å²) < 4.78 is 19.6. The van der Waals surface area contributed by atoms with Crippen LogP contribution in [0.5, 0.6) is 17.4 Å². The lowest BCUT2D eigenvalue weighted by atomic mass is 9.84. The largest absolute Gasteiger partial charge is 0.496 e. The first-order chi connectivity index (χ1) is 25.3. The molecule has 0 amide bonds. The third kappa shape index (κ3) is 7.38. The van der Waals surface area contributed by atoms with Gasteiger partial charge in [0.15, 0.2) is 11.6 Å². The van der Waals surface area contributed by atoms with E-state index < -0.39 is 0 Å². The minimum atomic E-state index is 0.272. The Morgan fingerprint density at radius 3 is 2.52 bits per heavy atom. The van der Waals surface area contributed by atoms with Gasteiger partial charge in [-0.15, -0.1) is 0 Å². The van der Waals surface area contributed by atoms with Gasteiger partial charge in [0.25, 0.3) is 0 Å². The highest BCUT2D eigenvalue weighted by molar-refractivity contribution is 5.96. The molecule has 10 nitrogen and oxygen atoms in total. The number of ether oxygens (including phenoxy) is 3. The van der Waals surface area contributed by atoms with Crippen LogP contribution in [0.1, 0.15) is 66.8 Å². The number of nitriles is 1. The summed E-state index contributed by atoms with van der Waals surface area (Å²) in [5.41, 5.74) is 8.01. The van der Waals surface area contributed by atoms with Gasteiger partial charge >= 0.3 is 0 Å². The molecule has 2 heterocycles. The molecule has 5 aromatic rings. The van der Waals surface area contributed by atoms with Crippen LogP contribution in [0.25, 0.3) is 27.8 Å². The van der Waals surface area contributed by atoms with Crippen molar-refractivity contribution in [1.29, 1.82) is 5.26 Å². The van der Waals surface area contributed by atoms with Crippen molar-refractivity contribution in [3.05, 3.63) is 88.6 Å². The zero-order valence-corrected chi connectivity index (χ0v) is 31.2. The summed E-state index contributed by atoms with van der Waals surface area (Å²) >= 11 is 0. The van der Waals surface area contributed by atoms with Crippen LogP contribution in [0.15, 0.2) is 65.8 Å². The lowest BCUT2D eigenvalue weighted by molar-refractivity contribution is 0.157. The van der Waals surface area contributed by atoms with Gasteiger partial charge in [-0.25, -0.2) is 4.68 Å². The minimum Gasteiger partial charge on any atom is -0.496 e. The van der Waals surface area contributed by atoms with Crippen molar-refractivity contribution in [2.24, 2.45) is 10.9 Å². The van der Waals surface area contributed by atoms with E-state index in [-0.39, 0.29) is 6.61 Å². The smallest absolute Gasteiger partial charge is 0.223 e. The molecule has 0 atom stereocenters. The van der Waals surface area contributed by atoms with Gasteiger partial charge in [0.2, 0.25) is 5.88 Å². The average Bonchev–Trinajstić information content (AvgIpc) is 3.62. The van der Waals surface area contributed by atoms with E-state index in [1.165, 1.54) is 32.1 Å². The third-order valence-electron chi connectivity index (χ3n) is 10.6. The molecule has 0 aliphatic heterocycles. The van der Waals surface area contributed by atoms with Crippen LogP contribution in [-0.4, -0.2) is 60.7 Å². The fraction of sp³-hybridized carbons (Fsp3) is 0.381. The van der Waals surface area contributed by atoms with Crippen LogP contribution in [-0.2, 0) is 19.7 Å². The second-order valence-corrected chi connectivity index (χ2v) is 13.6. The van der Waals surface area contributed by atoms with Crippen molar-refractivity contribution in [1.82, 2.24) is 25.0 Å². The van der Waals surface area contributed by atoms with Crippen molar-refractivity contribution in [2.45, 2.75) is 71.7 Å². The van der Waals surface area contributed by atoms with Gasteiger partial charge in [0.05, 0.1) is 37.1 Å². The predicted molar refractivity (Wildman–Crippen MR) is 207 cm³/mol. The molecule has 0 saturated heterocycles. The molecule has 1 fully saturated rings. The molecule has 0 bridgehead atoms. The number of rotatable bonds is 14. The molecule has 2 aromatic heterocycles. The lowest BCUT2D eigenvalue weighted by Crippen LogP contribution is -2.34. The first-order valence-electron chi connectivity index (χ1n) is 18.0. The third-order valence-corrected chi connectivity index (χ3v) is 10.6. The Labute approximate surface area is 307 Å². The fourth-order valence-corrected chi connectivity index (χ4v) is 7.59. The highest BCUT2D eigenvalue weighted by Gasteiger charge is 2.24.